The van der Waals surface area contributed by atoms with E-state index in [2.05, 4.69) is 50.4 Å². The highest BCUT2D eigenvalue weighted by atomic mass is 127. The molecule has 1 aromatic rings. The first-order valence-electron chi connectivity index (χ1n) is 10.8. The number of rotatable bonds is 5. The number of piperazine rings is 1. The Balaban J connectivity index is 0.00000256. The molecule has 2 heterocycles. The summed E-state index contributed by atoms with van der Waals surface area (Å²) in [5.74, 6) is 1.93. The fourth-order valence-corrected chi connectivity index (χ4v) is 4.25. The van der Waals surface area contributed by atoms with Gasteiger partial charge in [0.2, 0.25) is 5.91 Å². The minimum atomic E-state index is 0. The summed E-state index contributed by atoms with van der Waals surface area (Å²) >= 11 is 0. The molecule has 0 bridgehead atoms. The number of carbonyl (C=O) groups excluding carboxylic acids is 1. The van der Waals surface area contributed by atoms with Crippen LogP contribution < -0.4 is 5.32 Å². The summed E-state index contributed by atoms with van der Waals surface area (Å²) < 4.78 is 5.34. The largest absolute Gasteiger partial charge is 0.378 e. The molecule has 1 N–H and O–H groups in total. The quantitative estimate of drug-likeness (QED) is 0.356. The number of aliphatic imine (C=N–C) groups is 1. The Morgan fingerprint density at radius 1 is 1.07 bits per heavy atom. The lowest BCUT2D eigenvalue weighted by atomic mass is 10.1. The lowest BCUT2D eigenvalue weighted by molar-refractivity contribution is -0.136. The molecule has 4 rings (SSSR count). The second kappa shape index (κ2) is 11.3. The van der Waals surface area contributed by atoms with E-state index in [9.17, 15) is 4.79 Å². The molecule has 0 spiro atoms. The summed E-state index contributed by atoms with van der Waals surface area (Å²) in [6, 6.07) is 11.2. The zero-order valence-electron chi connectivity index (χ0n) is 17.8. The van der Waals surface area contributed by atoms with Gasteiger partial charge in [-0.15, -0.1) is 24.0 Å². The molecule has 1 aromatic carbocycles. The van der Waals surface area contributed by atoms with Crippen molar-refractivity contribution in [1.29, 1.82) is 0 Å². The molecule has 0 aromatic heterocycles. The van der Waals surface area contributed by atoms with Gasteiger partial charge in [-0.1, -0.05) is 30.3 Å². The smallest absolute Gasteiger partial charge is 0.236 e. The number of nitrogens with zero attached hydrogens (tertiary/aromatic N) is 4. The van der Waals surface area contributed by atoms with Crippen molar-refractivity contribution in [3.05, 3.63) is 35.9 Å². The zero-order valence-corrected chi connectivity index (χ0v) is 20.2. The van der Waals surface area contributed by atoms with Gasteiger partial charge < -0.3 is 19.9 Å². The van der Waals surface area contributed by atoms with Gasteiger partial charge in [-0.3, -0.25) is 14.7 Å². The average Bonchev–Trinajstić information content (AvgIpc) is 3.51. The maximum Gasteiger partial charge on any atom is 0.236 e. The third-order valence-corrected chi connectivity index (χ3v) is 6.18. The Bertz CT molecular complexity index is 703. The van der Waals surface area contributed by atoms with E-state index in [1.807, 2.05) is 11.9 Å². The summed E-state index contributed by atoms with van der Waals surface area (Å²) in [6.45, 7) is 6.90. The molecule has 1 saturated carbocycles. The van der Waals surface area contributed by atoms with Crippen molar-refractivity contribution < 1.29 is 9.53 Å². The monoisotopic (exact) mass is 527 g/mol. The van der Waals surface area contributed by atoms with Crippen LogP contribution in [0, 0.1) is 5.92 Å². The Hall–Kier alpha value is -1.39. The molecule has 166 valence electrons. The number of morpholine rings is 1. The lowest BCUT2D eigenvalue weighted by Gasteiger charge is -2.37. The van der Waals surface area contributed by atoms with Crippen molar-refractivity contribution in [2.24, 2.45) is 10.9 Å². The standard InChI is InChI=1S/C22H33N5O2.HI/c1-23-22(24-20-16-19(20)15-18-5-3-2-4-6-18)27-9-7-25(8-10-27)17-21(28)26-11-13-29-14-12-26;/h2-6,19-20H,7-17H2,1H3,(H,23,24);1H. The zero-order chi connectivity index (χ0) is 20.1. The Labute approximate surface area is 196 Å². The number of halogens is 1. The van der Waals surface area contributed by atoms with Crippen molar-refractivity contribution in [2.75, 3.05) is 66.1 Å². The second-order valence-electron chi connectivity index (χ2n) is 8.24. The number of guanidine groups is 1. The van der Waals surface area contributed by atoms with E-state index in [0.29, 0.717) is 31.7 Å². The molecule has 2 atom stereocenters. The van der Waals surface area contributed by atoms with Crippen molar-refractivity contribution in [3.8, 4) is 0 Å². The summed E-state index contributed by atoms with van der Waals surface area (Å²) in [7, 11) is 1.87. The molecule has 3 fully saturated rings. The molecule has 7 nitrogen and oxygen atoms in total. The van der Waals surface area contributed by atoms with Crippen LogP contribution in [-0.2, 0) is 16.0 Å². The fraction of sp³-hybridized carbons (Fsp3) is 0.636. The molecule has 2 saturated heterocycles. The number of carbonyl (C=O) groups is 1. The van der Waals surface area contributed by atoms with Gasteiger partial charge in [0.1, 0.15) is 0 Å². The van der Waals surface area contributed by atoms with Gasteiger partial charge in [0.05, 0.1) is 19.8 Å². The van der Waals surface area contributed by atoms with E-state index in [1.165, 1.54) is 12.0 Å². The SMILES string of the molecule is CN=C(NC1CC1Cc1ccccc1)N1CCN(CC(=O)N2CCOCC2)CC1.I. The Morgan fingerprint density at radius 3 is 2.43 bits per heavy atom. The van der Waals surface area contributed by atoms with Crippen LogP contribution in [0.5, 0.6) is 0 Å². The third kappa shape index (κ3) is 6.31. The van der Waals surface area contributed by atoms with E-state index >= 15 is 0 Å². The predicted octanol–water partition coefficient (Wildman–Crippen LogP) is 1.29. The Kier molecular flexibility index (Phi) is 8.76. The highest BCUT2D eigenvalue weighted by molar-refractivity contribution is 14.0. The number of hydrogen-bond donors (Lipinski definition) is 1. The fourth-order valence-electron chi connectivity index (χ4n) is 4.25. The van der Waals surface area contributed by atoms with Gasteiger partial charge in [-0.2, -0.15) is 0 Å². The maximum atomic E-state index is 12.5. The van der Waals surface area contributed by atoms with Crippen LogP contribution in [0.4, 0.5) is 0 Å². The molecule has 1 amide bonds. The first-order chi connectivity index (χ1) is 14.2. The molecule has 2 aliphatic heterocycles. The summed E-state index contributed by atoms with van der Waals surface area (Å²) in [6.07, 6.45) is 2.34. The first kappa shape index (κ1) is 23.3. The number of amides is 1. The van der Waals surface area contributed by atoms with Gasteiger partial charge >= 0.3 is 0 Å². The molecule has 0 radical (unpaired) electrons. The van der Waals surface area contributed by atoms with Crippen molar-refractivity contribution in [2.45, 2.75) is 18.9 Å². The third-order valence-electron chi connectivity index (χ3n) is 6.18. The van der Waals surface area contributed by atoms with E-state index in [0.717, 1.165) is 51.6 Å². The molecule has 30 heavy (non-hydrogen) atoms. The van der Waals surface area contributed by atoms with Crippen LogP contribution in [0.15, 0.2) is 35.3 Å². The minimum Gasteiger partial charge on any atom is -0.378 e. The number of ether oxygens (including phenoxy) is 1. The van der Waals surface area contributed by atoms with Gasteiger partial charge in [-0.25, -0.2) is 0 Å². The van der Waals surface area contributed by atoms with Crippen molar-refractivity contribution >= 4 is 35.8 Å². The van der Waals surface area contributed by atoms with Crippen LogP contribution in [0.2, 0.25) is 0 Å². The van der Waals surface area contributed by atoms with Gasteiger partial charge in [0.15, 0.2) is 5.96 Å². The summed E-state index contributed by atoms with van der Waals surface area (Å²) in [4.78, 5) is 23.5. The predicted molar refractivity (Wildman–Crippen MR) is 129 cm³/mol. The normalized spacial score (nSPS) is 24.9. The van der Waals surface area contributed by atoms with E-state index < -0.39 is 0 Å². The summed E-state index contributed by atoms with van der Waals surface area (Å²) in [5, 5.41) is 3.66. The maximum absolute atomic E-state index is 12.5. The summed E-state index contributed by atoms with van der Waals surface area (Å²) in [5.41, 5.74) is 1.41. The molecule has 1 aliphatic carbocycles. The van der Waals surface area contributed by atoms with Crippen LogP contribution in [-0.4, -0.2) is 98.7 Å². The Morgan fingerprint density at radius 2 is 1.77 bits per heavy atom. The highest BCUT2D eigenvalue weighted by Gasteiger charge is 2.38. The average molecular weight is 527 g/mol. The molecule has 2 unspecified atom stereocenters. The lowest BCUT2D eigenvalue weighted by Crippen LogP contribution is -2.55. The molecular weight excluding hydrogens is 493 g/mol. The van der Waals surface area contributed by atoms with E-state index in [-0.39, 0.29) is 29.9 Å². The van der Waals surface area contributed by atoms with Gasteiger partial charge in [0, 0.05) is 52.4 Å². The number of hydrogen-bond acceptors (Lipinski definition) is 4. The second-order valence-corrected chi connectivity index (χ2v) is 8.24. The topological polar surface area (TPSA) is 60.4 Å². The molecule has 8 heteroatoms. The minimum absolute atomic E-state index is 0. The van der Waals surface area contributed by atoms with Crippen molar-refractivity contribution in [1.82, 2.24) is 20.0 Å². The van der Waals surface area contributed by atoms with E-state index in [1.54, 1.807) is 0 Å². The van der Waals surface area contributed by atoms with Gasteiger partial charge in [0.25, 0.3) is 0 Å². The van der Waals surface area contributed by atoms with Crippen LogP contribution >= 0.6 is 24.0 Å². The first-order valence-corrected chi connectivity index (χ1v) is 10.8. The van der Waals surface area contributed by atoms with Crippen molar-refractivity contribution in [3.63, 3.8) is 0 Å². The van der Waals surface area contributed by atoms with Crippen LogP contribution in [0.3, 0.4) is 0 Å². The number of nitrogens with one attached hydrogen (secondary N) is 1. The molecular formula is C22H34IN5O2. The van der Waals surface area contributed by atoms with E-state index in [4.69, 9.17) is 4.74 Å². The number of benzene rings is 1. The van der Waals surface area contributed by atoms with Gasteiger partial charge in [-0.05, 0) is 24.3 Å². The highest BCUT2D eigenvalue weighted by Crippen LogP contribution is 2.33. The van der Waals surface area contributed by atoms with Crippen LogP contribution in [0.25, 0.3) is 0 Å². The molecule has 3 aliphatic rings. The van der Waals surface area contributed by atoms with Crippen LogP contribution in [0.1, 0.15) is 12.0 Å².